The number of amides is 3. The maximum atomic E-state index is 12.6. The standard InChI is InChI=1S/C14H21BrN4O2/c1-3-16-14(21)19-7-5-18(6-8-19)13(20)12-9-11(15)10-17(12)4-2/h9-10H,3-8H2,1-2H3,(H,16,21). The summed E-state index contributed by atoms with van der Waals surface area (Å²) in [5.41, 5.74) is 0.691. The van der Waals surface area contributed by atoms with Gasteiger partial charge in [-0.05, 0) is 35.8 Å². The van der Waals surface area contributed by atoms with Crippen LogP contribution in [-0.4, -0.2) is 59.0 Å². The smallest absolute Gasteiger partial charge is 0.317 e. The number of nitrogens with zero attached hydrogens (tertiary/aromatic N) is 3. The highest BCUT2D eigenvalue weighted by Crippen LogP contribution is 2.17. The minimum absolute atomic E-state index is 0.0260. The number of nitrogens with one attached hydrogen (secondary N) is 1. The third-order valence-corrected chi connectivity index (χ3v) is 4.04. The molecule has 6 nitrogen and oxygen atoms in total. The van der Waals surface area contributed by atoms with E-state index in [9.17, 15) is 9.59 Å². The lowest BCUT2D eigenvalue weighted by molar-refractivity contribution is 0.0655. The lowest BCUT2D eigenvalue weighted by Crippen LogP contribution is -2.53. The first-order valence-corrected chi connectivity index (χ1v) is 8.03. The lowest BCUT2D eigenvalue weighted by Gasteiger charge is -2.34. The van der Waals surface area contributed by atoms with E-state index in [4.69, 9.17) is 0 Å². The van der Waals surface area contributed by atoms with Crippen molar-refractivity contribution in [1.29, 1.82) is 0 Å². The molecule has 21 heavy (non-hydrogen) atoms. The molecule has 1 aromatic rings. The number of aromatic nitrogens is 1. The summed E-state index contributed by atoms with van der Waals surface area (Å²) >= 11 is 3.41. The Kier molecular flexibility index (Phi) is 5.27. The molecular formula is C14H21BrN4O2. The van der Waals surface area contributed by atoms with Gasteiger partial charge in [0.1, 0.15) is 5.69 Å². The molecule has 2 heterocycles. The third kappa shape index (κ3) is 3.58. The highest BCUT2D eigenvalue weighted by molar-refractivity contribution is 9.10. The maximum Gasteiger partial charge on any atom is 0.317 e. The van der Waals surface area contributed by atoms with Gasteiger partial charge in [0, 0.05) is 49.9 Å². The number of carbonyl (C=O) groups excluding carboxylic acids is 2. The first kappa shape index (κ1) is 15.9. The highest BCUT2D eigenvalue weighted by atomic mass is 79.9. The maximum absolute atomic E-state index is 12.6. The number of hydrogen-bond acceptors (Lipinski definition) is 2. The van der Waals surface area contributed by atoms with Crippen LogP contribution in [0.1, 0.15) is 24.3 Å². The predicted octanol–water partition coefficient (Wildman–Crippen LogP) is 1.76. The molecule has 3 amide bonds. The van der Waals surface area contributed by atoms with Crippen LogP contribution < -0.4 is 5.32 Å². The van der Waals surface area contributed by atoms with E-state index >= 15 is 0 Å². The summed E-state index contributed by atoms with van der Waals surface area (Å²) < 4.78 is 2.84. The molecule has 1 aromatic heterocycles. The monoisotopic (exact) mass is 356 g/mol. The zero-order chi connectivity index (χ0) is 15.4. The normalized spacial score (nSPS) is 15.2. The second-order valence-electron chi connectivity index (χ2n) is 4.94. The number of carbonyl (C=O) groups is 2. The molecule has 7 heteroatoms. The van der Waals surface area contributed by atoms with E-state index in [2.05, 4.69) is 21.2 Å². The van der Waals surface area contributed by atoms with Gasteiger partial charge in [0.15, 0.2) is 0 Å². The van der Waals surface area contributed by atoms with E-state index in [-0.39, 0.29) is 11.9 Å². The van der Waals surface area contributed by atoms with Gasteiger partial charge in [-0.1, -0.05) is 0 Å². The molecular weight excluding hydrogens is 336 g/mol. The molecule has 1 fully saturated rings. The molecule has 1 aliphatic heterocycles. The molecule has 1 saturated heterocycles. The first-order chi connectivity index (χ1) is 10.1. The molecule has 0 atom stereocenters. The van der Waals surface area contributed by atoms with Crippen molar-refractivity contribution < 1.29 is 9.59 Å². The van der Waals surface area contributed by atoms with Crippen LogP contribution in [0.5, 0.6) is 0 Å². The van der Waals surface area contributed by atoms with Crippen molar-refractivity contribution in [2.45, 2.75) is 20.4 Å². The number of hydrogen-bond donors (Lipinski definition) is 1. The summed E-state index contributed by atoms with van der Waals surface area (Å²) in [7, 11) is 0. The summed E-state index contributed by atoms with van der Waals surface area (Å²) in [4.78, 5) is 27.9. The molecule has 116 valence electrons. The average molecular weight is 357 g/mol. The Morgan fingerprint density at radius 1 is 1.19 bits per heavy atom. The minimum Gasteiger partial charge on any atom is -0.343 e. The van der Waals surface area contributed by atoms with Gasteiger partial charge in [0.05, 0.1) is 0 Å². The van der Waals surface area contributed by atoms with Gasteiger partial charge < -0.3 is 19.7 Å². The molecule has 0 spiro atoms. The topological polar surface area (TPSA) is 57.6 Å². The van der Waals surface area contributed by atoms with Crippen molar-refractivity contribution in [2.24, 2.45) is 0 Å². The number of piperazine rings is 1. The van der Waals surface area contributed by atoms with E-state index in [1.807, 2.05) is 35.6 Å². The van der Waals surface area contributed by atoms with Crippen molar-refractivity contribution in [2.75, 3.05) is 32.7 Å². The molecule has 0 bridgehead atoms. The number of aryl methyl sites for hydroxylation is 1. The fourth-order valence-electron chi connectivity index (χ4n) is 2.45. The Hall–Kier alpha value is -1.50. The molecule has 0 aromatic carbocycles. The fourth-order valence-corrected chi connectivity index (χ4v) is 2.92. The van der Waals surface area contributed by atoms with Crippen LogP contribution in [0.3, 0.4) is 0 Å². The molecule has 1 N–H and O–H groups in total. The average Bonchev–Trinajstić information content (AvgIpc) is 2.88. The highest BCUT2D eigenvalue weighted by Gasteiger charge is 2.26. The van der Waals surface area contributed by atoms with Crippen LogP contribution in [-0.2, 0) is 6.54 Å². The second kappa shape index (κ2) is 6.98. The Morgan fingerprint density at radius 3 is 2.38 bits per heavy atom. The summed E-state index contributed by atoms with van der Waals surface area (Å²) in [5.74, 6) is 0.0260. The van der Waals surface area contributed by atoms with Gasteiger partial charge in [-0.15, -0.1) is 0 Å². The van der Waals surface area contributed by atoms with Crippen molar-refractivity contribution in [3.63, 3.8) is 0 Å². The van der Waals surface area contributed by atoms with Gasteiger partial charge in [-0.2, -0.15) is 0 Å². The van der Waals surface area contributed by atoms with Crippen molar-refractivity contribution in [1.82, 2.24) is 19.7 Å². The summed E-state index contributed by atoms with van der Waals surface area (Å²) in [6.07, 6.45) is 1.91. The van der Waals surface area contributed by atoms with Crippen LogP contribution in [0.15, 0.2) is 16.7 Å². The zero-order valence-corrected chi connectivity index (χ0v) is 14.0. The Balaban J connectivity index is 1.98. The van der Waals surface area contributed by atoms with Gasteiger partial charge >= 0.3 is 6.03 Å². The second-order valence-corrected chi connectivity index (χ2v) is 5.86. The van der Waals surface area contributed by atoms with Crippen LogP contribution in [0, 0.1) is 0 Å². The number of halogens is 1. The van der Waals surface area contributed by atoms with E-state index < -0.39 is 0 Å². The molecule has 0 saturated carbocycles. The van der Waals surface area contributed by atoms with Gasteiger partial charge in [0.2, 0.25) is 0 Å². The van der Waals surface area contributed by atoms with Crippen molar-refractivity contribution in [3.05, 3.63) is 22.4 Å². The Morgan fingerprint density at radius 2 is 1.81 bits per heavy atom. The quantitative estimate of drug-likeness (QED) is 0.896. The summed E-state index contributed by atoms with van der Waals surface area (Å²) in [6, 6.07) is 1.80. The van der Waals surface area contributed by atoms with Crippen LogP contribution in [0.2, 0.25) is 0 Å². The Labute approximate surface area is 133 Å². The number of rotatable bonds is 3. The summed E-state index contributed by atoms with van der Waals surface area (Å²) in [5, 5.41) is 2.79. The van der Waals surface area contributed by atoms with Gasteiger partial charge in [-0.25, -0.2) is 4.79 Å². The third-order valence-electron chi connectivity index (χ3n) is 3.61. The van der Waals surface area contributed by atoms with Crippen LogP contribution >= 0.6 is 15.9 Å². The number of urea groups is 1. The molecule has 1 aliphatic rings. The Bertz CT molecular complexity index is 521. The van der Waals surface area contributed by atoms with E-state index in [0.29, 0.717) is 38.4 Å². The van der Waals surface area contributed by atoms with E-state index in [0.717, 1.165) is 11.0 Å². The van der Waals surface area contributed by atoms with E-state index in [1.54, 1.807) is 4.90 Å². The van der Waals surface area contributed by atoms with Crippen molar-refractivity contribution >= 4 is 27.9 Å². The molecule has 2 rings (SSSR count). The van der Waals surface area contributed by atoms with Crippen LogP contribution in [0.4, 0.5) is 4.79 Å². The zero-order valence-electron chi connectivity index (χ0n) is 12.4. The molecule has 0 unspecified atom stereocenters. The SMILES string of the molecule is CCNC(=O)N1CCN(C(=O)c2cc(Br)cn2CC)CC1. The molecule has 0 radical (unpaired) electrons. The largest absolute Gasteiger partial charge is 0.343 e. The van der Waals surface area contributed by atoms with Gasteiger partial charge in [0.25, 0.3) is 5.91 Å². The minimum atomic E-state index is -0.0516. The van der Waals surface area contributed by atoms with Crippen molar-refractivity contribution in [3.8, 4) is 0 Å². The van der Waals surface area contributed by atoms with Crippen LogP contribution in [0.25, 0.3) is 0 Å². The molecule has 0 aliphatic carbocycles. The lowest BCUT2D eigenvalue weighted by atomic mass is 10.3. The fraction of sp³-hybridized carbons (Fsp3) is 0.571. The van der Waals surface area contributed by atoms with E-state index in [1.165, 1.54) is 0 Å². The predicted molar refractivity (Wildman–Crippen MR) is 84.4 cm³/mol. The summed E-state index contributed by atoms with van der Waals surface area (Å²) in [6.45, 7) is 7.58. The first-order valence-electron chi connectivity index (χ1n) is 7.24. The van der Waals surface area contributed by atoms with Gasteiger partial charge in [-0.3, -0.25) is 4.79 Å².